The van der Waals surface area contributed by atoms with E-state index in [-0.39, 0.29) is 34.1 Å². The number of amides is 2. The molecule has 0 aliphatic carbocycles. The number of hydrogen-bond donors (Lipinski definition) is 3. The van der Waals surface area contributed by atoms with E-state index in [2.05, 4.69) is 20.1 Å². The molecular weight excluding hydrogens is 444 g/mol. The fourth-order valence-electron chi connectivity index (χ4n) is 3.35. The van der Waals surface area contributed by atoms with Gasteiger partial charge in [0, 0.05) is 23.7 Å². The van der Waals surface area contributed by atoms with Gasteiger partial charge in [-0.1, -0.05) is 11.6 Å². The average molecular weight is 465 g/mol. The molecule has 3 rings (SSSR count). The summed E-state index contributed by atoms with van der Waals surface area (Å²) >= 11 is 6.29. The topological polar surface area (TPSA) is 164 Å². The van der Waals surface area contributed by atoms with Gasteiger partial charge in [0.15, 0.2) is 5.65 Å². The van der Waals surface area contributed by atoms with E-state index in [1.165, 1.54) is 4.68 Å². The summed E-state index contributed by atoms with van der Waals surface area (Å²) in [6, 6.07) is 0. The van der Waals surface area contributed by atoms with Crippen LogP contribution in [0.1, 0.15) is 29.4 Å². The average Bonchev–Trinajstić information content (AvgIpc) is 3.01. The molecule has 13 heteroatoms. The summed E-state index contributed by atoms with van der Waals surface area (Å²) in [5, 5.41) is 32.9. The van der Waals surface area contributed by atoms with Gasteiger partial charge in [-0.15, -0.1) is 4.90 Å². The number of carbonyl (C=O) groups is 2. The van der Waals surface area contributed by atoms with Crippen molar-refractivity contribution in [1.82, 2.24) is 24.7 Å². The van der Waals surface area contributed by atoms with Crippen LogP contribution in [0.5, 0.6) is 5.75 Å². The Hall–Kier alpha value is -3.51. The van der Waals surface area contributed by atoms with Gasteiger partial charge in [0.05, 0.1) is 36.5 Å². The summed E-state index contributed by atoms with van der Waals surface area (Å²) in [5.74, 6) is 0.0188. The highest BCUT2D eigenvalue weighted by atomic mass is 35.5. The Kier molecular flexibility index (Phi) is 6.46. The second kappa shape index (κ2) is 8.93. The van der Waals surface area contributed by atoms with Gasteiger partial charge in [-0.3, -0.25) is 4.98 Å². The number of aryl methyl sites for hydroxylation is 1. The molecule has 2 amide bonds. The van der Waals surface area contributed by atoms with E-state index in [0.717, 1.165) is 11.1 Å². The zero-order valence-corrected chi connectivity index (χ0v) is 18.5. The molecule has 1 unspecified atom stereocenters. The Labute approximate surface area is 187 Å². The van der Waals surface area contributed by atoms with Crippen LogP contribution >= 0.6 is 11.6 Å². The summed E-state index contributed by atoms with van der Waals surface area (Å²) in [6.45, 7) is 5.37. The smallest absolute Gasteiger partial charge is 0.424 e. The number of carboxylic acid groups (broad SMARTS) is 2. The number of ether oxygens (including phenoxy) is 1. The first-order valence-corrected chi connectivity index (χ1v) is 9.78. The summed E-state index contributed by atoms with van der Waals surface area (Å²) in [6.07, 6.45) is -2.57. The highest BCUT2D eigenvalue weighted by Gasteiger charge is 2.28. The quantitative estimate of drug-likeness (QED) is 0.462. The van der Waals surface area contributed by atoms with Gasteiger partial charge in [-0.05, 0) is 20.8 Å². The van der Waals surface area contributed by atoms with E-state index < -0.39 is 24.2 Å². The molecule has 0 aliphatic heterocycles. The minimum atomic E-state index is -1.79. The van der Waals surface area contributed by atoms with E-state index >= 15 is 0 Å². The van der Waals surface area contributed by atoms with Crippen LogP contribution in [-0.4, -0.2) is 65.5 Å². The Bertz CT molecular complexity index is 1200. The number of imide groups is 1. The predicted octanol–water partition coefficient (Wildman–Crippen LogP) is 2.63. The van der Waals surface area contributed by atoms with Crippen molar-refractivity contribution in [1.29, 1.82) is 0 Å². The number of rotatable bonds is 6. The largest absolute Gasteiger partial charge is 0.496 e. The van der Waals surface area contributed by atoms with Crippen molar-refractivity contribution in [2.75, 3.05) is 12.0 Å². The van der Waals surface area contributed by atoms with Crippen LogP contribution in [0.15, 0.2) is 6.20 Å². The first-order chi connectivity index (χ1) is 15.0. The maximum absolute atomic E-state index is 11.4. The minimum Gasteiger partial charge on any atom is -0.496 e. The van der Waals surface area contributed by atoms with Crippen molar-refractivity contribution in [3.05, 3.63) is 33.9 Å². The number of aliphatic hydroxyl groups is 1. The molecule has 0 saturated heterocycles. The van der Waals surface area contributed by atoms with Crippen LogP contribution in [0.2, 0.25) is 5.15 Å². The van der Waals surface area contributed by atoms with Crippen molar-refractivity contribution in [2.45, 2.75) is 39.8 Å². The van der Waals surface area contributed by atoms with Crippen LogP contribution in [0.4, 0.5) is 15.5 Å². The molecule has 0 radical (unpaired) electrons. The van der Waals surface area contributed by atoms with E-state index in [1.807, 2.05) is 13.8 Å². The Morgan fingerprint density at radius 3 is 2.44 bits per heavy atom. The number of nitrogens with zero attached hydrogens (tertiary/aromatic N) is 6. The highest BCUT2D eigenvalue weighted by molar-refractivity contribution is 6.34. The lowest BCUT2D eigenvalue weighted by Crippen LogP contribution is -2.36. The van der Waals surface area contributed by atoms with Crippen LogP contribution in [0.3, 0.4) is 0 Å². The normalized spacial score (nSPS) is 12.1. The van der Waals surface area contributed by atoms with Crippen LogP contribution < -0.4 is 9.64 Å². The van der Waals surface area contributed by atoms with E-state index in [1.54, 1.807) is 20.2 Å². The minimum absolute atomic E-state index is 0.0462. The summed E-state index contributed by atoms with van der Waals surface area (Å²) in [5.41, 5.74) is 2.70. The van der Waals surface area contributed by atoms with Crippen molar-refractivity contribution in [2.24, 2.45) is 0 Å². The molecule has 3 aromatic heterocycles. The molecule has 32 heavy (non-hydrogen) atoms. The Morgan fingerprint density at radius 2 is 1.88 bits per heavy atom. The predicted molar refractivity (Wildman–Crippen MR) is 114 cm³/mol. The van der Waals surface area contributed by atoms with E-state index in [0.29, 0.717) is 17.1 Å². The third-order valence-electron chi connectivity index (χ3n) is 4.73. The lowest BCUT2D eigenvalue weighted by atomic mass is 10.1. The molecule has 0 fully saturated rings. The zero-order valence-electron chi connectivity index (χ0n) is 17.7. The Morgan fingerprint density at radius 1 is 1.22 bits per heavy atom. The number of fused-ring (bicyclic) bond motifs is 1. The SMILES string of the molecule is COc1c(C)cnc(Cn2nc(CC(C)O)c3c(Cl)nc(N(C(=O)O)C(=O)O)nc32)c1C. The van der Waals surface area contributed by atoms with Gasteiger partial charge < -0.3 is 20.1 Å². The molecule has 0 saturated carbocycles. The summed E-state index contributed by atoms with van der Waals surface area (Å²) in [7, 11) is 1.55. The second-order valence-electron chi connectivity index (χ2n) is 7.12. The van der Waals surface area contributed by atoms with Crippen molar-refractivity contribution in [3.8, 4) is 5.75 Å². The van der Waals surface area contributed by atoms with Crippen molar-refractivity contribution in [3.63, 3.8) is 0 Å². The molecule has 0 aromatic carbocycles. The monoisotopic (exact) mass is 464 g/mol. The third-order valence-corrected chi connectivity index (χ3v) is 5.00. The van der Waals surface area contributed by atoms with E-state index in [4.69, 9.17) is 16.3 Å². The molecule has 0 aliphatic rings. The third kappa shape index (κ3) is 4.27. The number of methoxy groups -OCH3 is 1. The number of aliphatic hydroxyl groups excluding tert-OH is 1. The molecule has 170 valence electrons. The fraction of sp³-hybridized carbons (Fsp3) is 0.368. The van der Waals surface area contributed by atoms with Crippen LogP contribution in [0, 0.1) is 13.8 Å². The van der Waals surface area contributed by atoms with E-state index in [9.17, 15) is 24.9 Å². The molecule has 0 spiro atoms. The molecular formula is C19H21ClN6O6. The Balaban J connectivity index is 2.23. The maximum Gasteiger partial charge on any atom is 0.424 e. The first kappa shape index (κ1) is 23.2. The molecule has 1 atom stereocenters. The highest BCUT2D eigenvalue weighted by Crippen LogP contribution is 2.30. The number of pyridine rings is 1. The number of aromatic nitrogens is 5. The molecule has 12 nitrogen and oxygen atoms in total. The van der Waals surface area contributed by atoms with Crippen LogP contribution in [-0.2, 0) is 13.0 Å². The molecule has 0 bridgehead atoms. The lowest BCUT2D eigenvalue weighted by molar-refractivity contribution is 0.183. The van der Waals surface area contributed by atoms with Crippen molar-refractivity contribution < 1.29 is 29.6 Å². The molecule has 3 heterocycles. The zero-order chi connectivity index (χ0) is 23.7. The van der Waals surface area contributed by atoms with Gasteiger partial charge in [-0.2, -0.15) is 15.1 Å². The molecule has 3 N–H and O–H groups in total. The molecule has 3 aromatic rings. The standard InChI is InChI=1S/C19H21ClN6O6/c1-8-6-21-12(10(3)14(8)32-4)7-25-16-13(11(24-25)5-9(2)27)15(20)22-17(23-16)26(18(28)29)19(30)31/h6,9,27H,5,7H2,1-4H3,(H,28,29)(H,30,31). The fourth-order valence-corrected chi connectivity index (χ4v) is 3.62. The van der Waals surface area contributed by atoms with Gasteiger partial charge >= 0.3 is 12.2 Å². The van der Waals surface area contributed by atoms with Gasteiger partial charge in [0.2, 0.25) is 5.95 Å². The number of hydrogen-bond acceptors (Lipinski definition) is 8. The second-order valence-corrected chi connectivity index (χ2v) is 7.48. The van der Waals surface area contributed by atoms with Crippen molar-refractivity contribution >= 4 is 40.8 Å². The maximum atomic E-state index is 11.4. The van der Waals surface area contributed by atoms with Gasteiger partial charge in [0.25, 0.3) is 0 Å². The van der Waals surface area contributed by atoms with Gasteiger partial charge in [0.1, 0.15) is 10.9 Å². The van der Waals surface area contributed by atoms with Crippen LogP contribution in [0.25, 0.3) is 11.0 Å². The number of anilines is 1. The van der Waals surface area contributed by atoms with Gasteiger partial charge in [-0.25, -0.2) is 14.3 Å². The lowest BCUT2D eigenvalue weighted by Gasteiger charge is -2.13. The number of halogens is 1. The summed E-state index contributed by atoms with van der Waals surface area (Å²) in [4.78, 5) is 35.2. The first-order valence-electron chi connectivity index (χ1n) is 9.41. The summed E-state index contributed by atoms with van der Waals surface area (Å²) < 4.78 is 6.85.